The molecule has 7 nitrogen and oxygen atoms in total. The summed E-state index contributed by atoms with van der Waals surface area (Å²) in [5, 5.41) is 14.1. The summed E-state index contributed by atoms with van der Waals surface area (Å²) in [4.78, 5) is 14.9. The van der Waals surface area contributed by atoms with E-state index in [0.29, 0.717) is 5.82 Å². The van der Waals surface area contributed by atoms with Crippen LogP contribution in [0.3, 0.4) is 0 Å². The lowest BCUT2D eigenvalue weighted by Gasteiger charge is -2.10. The molecular formula is C17H17FN4O3. The molecule has 0 aliphatic carbocycles. The Morgan fingerprint density at radius 1 is 1.36 bits per heavy atom. The molecule has 1 heterocycles. The van der Waals surface area contributed by atoms with Gasteiger partial charge in [0.25, 0.3) is 0 Å². The maximum atomic E-state index is 14.0. The maximum Gasteiger partial charge on any atom is 0.327 e. The molecule has 3 aromatic rings. The Bertz CT molecular complexity index is 968. The van der Waals surface area contributed by atoms with Gasteiger partial charge in [-0.25, -0.2) is 4.98 Å². The molecule has 25 heavy (non-hydrogen) atoms. The highest BCUT2D eigenvalue weighted by atomic mass is 19.1. The first-order chi connectivity index (χ1) is 11.9. The Labute approximate surface area is 143 Å². The lowest BCUT2D eigenvalue weighted by molar-refractivity contribution is -0.386. The molecule has 0 bridgehead atoms. The molecule has 0 saturated heterocycles. The summed E-state index contributed by atoms with van der Waals surface area (Å²) in [5.41, 5.74) is 2.32. The number of aromatic nitrogens is 2. The van der Waals surface area contributed by atoms with Crippen molar-refractivity contribution in [3.63, 3.8) is 0 Å². The van der Waals surface area contributed by atoms with Crippen LogP contribution >= 0.6 is 0 Å². The predicted octanol–water partition coefficient (Wildman–Crippen LogP) is 3.55. The summed E-state index contributed by atoms with van der Waals surface area (Å²) >= 11 is 0. The Kier molecular flexibility index (Phi) is 4.26. The first kappa shape index (κ1) is 16.7. The number of fused-ring (bicyclic) bond motifs is 1. The number of aryl methyl sites for hydroxylation is 2. The highest BCUT2D eigenvalue weighted by Crippen LogP contribution is 2.32. The van der Waals surface area contributed by atoms with Crippen molar-refractivity contribution < 1.29 is 14.1 Å². The molecular weight excluding hydrogens is 327 g/mol. The zero-order valence-electron chi connectivity index (χ0n) is 14.0. The van der Waals surface area contributed by atoms with Crippen LogP contribution in [0.1, 0.15) is 11.4 Å². The Morgan fingerprint density at radius 2 is 2.12 bits per heavy atom. The van der Waals surface area contributed by atoms with Crippen LogP contribution < -0.4 is 10.1 Å². The number of imidazole rings is 1. The average molecular weight is 344 g/mol. The molecule has 0 fully saturated rings. The molecule has 3 rings (SSSR count). The van der Waals surface area contributed by atoms with Gasteiger partial charge in [0.05, 0.1) is 29.6 Å². The monoisotopic (exact) mass is 344 g/mol. The van der Waals surface area contributed by atoms with Crippen molar-refractivity contribution in [3.05, 3.63) is 57.7 Å². The third-order valence-corrected chi connectivity index (χ3v) is 4.02. The highest BCUT2D eigenvalue weighted by molar-refractivity contribution is 5.77. The van der Waals surface area contributed by atoms with Gasteiger partial charge in [0, 0.05) is 19.2 Å². The molecule has 2 aromatic carbocycles. The molecule has 130 valence electrons. The Hall–Kier alpha value is -3.16. The zero-order valence-corrected chi connectivity index (χ0v) is 14.0. The summed E-state index contributed by atoms with van der Waals surface area (Å²) < 4.78 is 20.9. The van der Waals surface area contributed by atoms with Crippen LogP contribution in [0.4, 0.5) is 15.8 Å². The minimum absolute atomic E-state index is 0.0464. The van der Waals surface area contributed by atoms with Crippen molar-refractivity contribution >= 4 is 22.4 Å². The highest BCUT2D eigenvalue weighted by Gasteiger charge is 2.22. The fraction of sp³-hybridized carbons (Fsp3) is 0.235. The number of nitrogens with zero attached hydrogens (tertiary/aromatic N) is 3. The number of benzene rings is 2. The lowest BCUT2D eigenvalue weighted by Crippen LogP contribution is -2.08. The van der Waals surface area contributed by atoms with Gasteiger partial charge in [0.1, 0.15) is 17.3 Å². The van der Waals surface area contributed by atoms with E-state index in [9.17, 15) is 14.5 Å². The van der Waals surface area contributed by atoms with E-state index < -0.39 is 16.4 Å². The summed E-state index contributed by atoms with van der Waals surface area (Å²) in [7, 11) is 3.24. The number of hydrogen-bond donors (Lipinski definition) is 1. The fourth-order valence-electron chi connectivity index (χ4n) is 2.70. The Balaban J connectivity index is 1.95. The first-order valence-electron chi connectivity index (χ1n) is 7.58. The maximum absolute atomic E-state index is 14.0. The molecule has 0 amide bonds. The normalized spacial score (nSPS) is 10.9. The van der Waals surface area contributed by atoms with E-state index in [1.807, 2.05) is 36.7 Å². The molecule has 0 unspecified atom stereocenters. The van der Waals surface area contributed by atoms with Gasteiger partial charge in [-0.05, 0) is 24.6 Å². The van der Waals surface area contributed by atoms with Crippen molar-refractivity contribution in [3.8, 4) is 5.75 Å². The molecule has 1 N–H and O–H groups in total. The predicted molar refractivity (Wildman–Crippen MR) is 92.4 cm³/mol. The summed E-state index contributed by atoms with van der Waals surface area (Å²) in [6.45, 7) is 2.19. The molecule has 8 heteroatoms. The Morgan fingerprint density at radius 3 is 2.80 bits per heavy atom. The molecule has 0 atom stereocenters. The summed E-state index contributed by atoms with van der Waals surface area (Å²) in [5.74, 6) is -0.0724. The quantitative estimate of drug-likeness (QED) is 0.565. The minimum Gasteiger partial charge on any atom is -0.497 e. The van der Waals surface area contributed by atoms with Crippen LogP contribution in [0, 0.1) is 22.9 Å². The third-order valence-electron chi connectivity index (χ3n) is 4.02. The SMILES string of the molecule is COc1cc(F)c([N+](=O)[O-])c(NCc2nc3cc(C)ccc3n2C)c1. The van der Waals surface area contributed by atoms with Gasteiger partial charge < -0.3 is 14.6 Å². The number of ether oxygens (including phenoxy) is 1. The second-order valence-electron chi connectivity index (χ2n) is 5.70. The molecule has 0 aliphatic rings. The van der Waals surface area contributed by atoms with Gasteiger partial charge in [-0.3, -0.25) is 10.1 Å². The summed E-state index contributed by atoms with van der Waals surface area (Å²) in [6, 6.07) is 8.31. The number of methoxy groups -OCH3 is 1. The van der Waals surface area contributed by atoms with Gasteiger partial charge in [-0.2, -0.15) is 4.39 Å². The topological polar surface area (TPSA) is 82.2 Å². The molecule has 0 aliphatic heterocycles. The van der Waals surface area contributed by atoms with E-state index in [1.54, 1.807) is 0 Å². The third kappa shape index (κ3) is 3.10. The number of nitro groups is 1. The molecule has 0 spiro atoms. The van der Waals surface area contributed by atoms with Gasteiger partial charge in [0.15, 0.2) is 0 Å². The summed E-state index contributed by atoms with van der Waals surface area (Å²) in [6.07, 6.45) is 0. The zero-order chi connectivity index (χ0) is 18.1. The lowest BCUT2D eigenvalue weighted by atomic mass is 10.2. The van der Waals surface area contributed by atoms with E-state index in [0.717, 1.165) is 22.7 Å². The fourth-order valence-corrected chi connectivity index (χ4v) is 2.70. The van der Waals surface area contributed by atoms with Gasteiger partial charge in [-0.15, -0.1) is 0 Å². The number of halogens is 1. The van der Waals surface area contributed by atoms with Gasteiger partial charge >= 0.3 is 5.69 Å². The van der Waals surface area contributed by atoms with Crippen LogP contribution in [-0.4, -0.2) is 21.6 Å². The largest absolute Gasteiger partial charge is 0.497 e. The van der Waals surface area contributed by atoms with E-state index in [-0.39, 0.29) is 18.0 Å². The van der Waals surface area contributed by atoms with Gasteiger partial charge in [0.2, 0.25) is 5.82 Å². The second-order valence-corrected chi connectivity index (χ2v) is 5.70. The van der Waals surface area contributed by atoms with E-state index >= 15 is 0 Å². The van der Waals surface area contributed by atoms with Crippen molar-refractivity contribution in [2.45, 2.75) is 13.5 Å². The number of nitro benzene ring substituents is 1. The van der Waals surface area contributed by atoms with Crippen LogP contribution in [0.2, 0.25) is 0 Å². The van der Waals surface area contributed by atoms with Gasteiger partial charge in [-0.1, -0.05) is 6.07 Å². The van der Waals surface area contributed by atoms with Crippen LogP contribution in [0.25, 0.3) is 11.0 Å². The first-order valence-corrected chi connectivity index (χ1v) is 7.58. The number of anilines is 1. The number of nitrogens with one attached hydrogen (secondary N) is 1. The van der Waals surface area contributed by atoms with Crippen molar-refractivity contribution in [1.82, 2.24) is 9.55 Å². The molecule has 0 saturated carbocycles. The van der Waals surface area contributed by atoms with E-state index in [4.69, 9.17) is 4.74 Å². The van der Waals surface area contributed by atoms with Crippen molar-refractivity contribution in [1.29, 1.82) is 0 Å². The minimum atomic E-state index is -0.951. The number of hydrogen-bond acceptors (Lipinski definition) is 5. The number of rotatable bonds is 5. The van der Waals surface area contributed by atoms with E-state index in [1.165, 1.54) is 13.2 Å². The standard InChI is InChI=1S/C17H17FN4O3/c1-10-4-5-15-13(6-10)20-16(21(15)2)9-19-14-8-11(25-3)7-12(18)17(14)22(23)24/h4-8,19H,9H2,1-3H3. The van der Waals surface area contributed by atoms with Crippen molar-refractivity contribution in [2.24, 2.45) is 7.05 Å². The van der Waals surface area contributed by atoms with Crippen LogP contribution in [0.15, 0.2) is 30.3 Å². The van der Waals surface area contributed by atoms with E-state index in [2.05, 4.69) is 10.3 Å². The second kappa shape index (κ2) is 6.39. The van der Waals surface area contributed by atoms with Crippen LogP contribution in [-0.2, 0) is 13.6 Å². The molecule has 0 radical (unpaired) electrons. The van der Waals surface area contributed by atoms with Crippen LogP contribution in [0.5, 0.6) is 5.75 Å². The van der Waals surface area contributed by atoms with Crippen molar-refractivity contribution in [2.75, 3.05) is 12.4 Å². The molecule has 1 aromatic heterocycles. The average Bonchev–Trinajstić information content (AvgIpc) is 2.87. The smallest absolute Gasteiger partial charge is 0.327 e.